The average Bonchev–Trinajstić information content (AvgIpc) is 3.35. The van der Waals surface area contributed by atoms with Gasteiger partial charge in [0.05, 0.1) is 17.7 Å². The number of likely N-dealkylation sites (tertiary alicyclic amines) is 1. The first-order chi connectivity index (χ1) is 14.6. The Labute approximate surface area is 176 Å². The number of nitrogen functional groups attached to an aromatic ring is 1. The van der Waals surface area contributed by atoms with Crippen molar-refractivity contribution in [3.8, 4) is 0 Å². The van der Waals surface area contributed by atoms with Gasteiger partial charge in [-0.05, 0) is 31.4 Å². The smallest absolute Gasteiger partial charge is 0.283 e. The van der Waals surface area contributed by atoms with Crippen LogP contribution in [0.5, 0.6) is 0 Å². The molecule has 0 unspecified atom stereocenters. The number of nitrogens with zero attached hydrogens (tertiary/aromatic N) is 5. The van der Waals surface area contributed by atoms with Crippen molar-refractivity contribution in [3.63, 3.8) is 0 Å². The molecule has 2 N–H and O–H groups in total. The van der Waals surface area contributed by atoms with E-state index in [1.807, 2.05) is 29.2 Å². The number of carbonyl (C=O) groups is 1. The van der Waals surface area contributed by atoms with Gasteiger partial charge in [0, 0.05) is 30.4 Å². The summed E-state index contributed by atoms with van der Waals surface area (Å²) in [5.74, 6) is 0.264. The van der Waals surface area contributed by atoms with Crippen LogP contribution in [0.2, 0.25) is 0 Å². The van der Waals surface area contributed by atoms with Gasteiger partial charge in [0.2, 0.25) is 10.9 Å². The summed E-state index contributed by atoms with van der Waals surface area (Å²) in [6.45, 7) is 1.59. The van der Waals surface area contributed by atoms with Crippen LogP contribution in [-0.2, 0) is 11.2 Å². The highest BCUT2D eigenvalue weighted by Gasteiger charge is 2.21. The summed E-state index contributed by atoms with van der Waals surface area (Å²) in [6, 6.07) is 7.69. The van der Waals surface area contributed by atoms with E-state index in [1.165, 1.54) is 22.3 Å². The average molecular weight is 420 g/mol. The van der Waals surface area contributed by atoms with Crippen molar-refractivity contribution in [2.45, 2.75) is 25.7 Å². The molecule has 30 heavy (non-hydrogen) atoms. The Morgan fingerprint density at radius 1 is 1.20 bits per heavy atom. The molecule has 0 atom stereocenters. The summed E-state index contributed by atoms with van der Waals surface area (Å²) in [5.41, 5.74) is 8.72. The molecule has 1 saturated heterocycles. The number of aliphatic imine (C=N–C) groups is 1. The number of hydrogen-bond acceptors (Lipinski definition) is 7. The van der Waals surface area contributed by atoms with Gasteiger partial charge in [0.25, 0.3) is 5.56 Å². The summed E-state index contributed by atoms with van der Waals surface area (Å²) in [5, 5.41) is 5.06. The maximum Gasteiger partial charge on any atom is 0.283 e. The van der Waals surface area contributed by atoms with Gasteiger partial charge in [-0.3, -0.25) is 14.6 Å². The molecule has 0 aliphatic carbocycles. The SMILES string of the molecule is Nc1c(C=C2C=Nc3ccccc32)c(=O)nc2sc(CC(=O)N3CCCCC3)nn12. The molecule has 3 aromatic rings. The molecule has 0 radical (unpaired) electrons. The standard InChI is InChI=1S/C21H20N6O2S/c22-19-15(10-13-12-23-16-7-3-2-6-14(13)16)20(29)24-21-27(19)25-17(30-21)11-18(28)26-8-4-1-5-9-26/h2-3,6-7,10,12H,1,4-5,8-9,11,22H2. The zero-order valence-electron chi connectivity index (χ0n) is 16.2. The Morgan fingerprint density at radius 3 is 2.83 bits per heavy atom. The summed E-state index contributed by atoms with van der Waals surface area (Å²) >= 11 is 1.22. The molecule has 8 nitrogen and oxygen atoms in total. The minimum Gasteiger partial charge on any atom is -0.383 e. The number of carbonyl (C=O) groups excluding carboxylic acids is 1. The number of anilines is 1. The van der Waals surface area contributed by atoms with Crippen molar-refractivity contribution < 1.29 is 4.79 Å². The minimum absolute atomic E-state index is 0.0522. The van der Waals surface area contributed by atoms with E-state index in [2.05, 4.69) is 15.1 Å². The second-order valence-electron chi connectivity index (χ2n) is 7.40. The molecule has 4 heterocycles. The van der Waals surface area contributed by atoms with E-state index in [1.54, 1.807) is 12.3 Å². The topological polar surface area (TPSA) is 106 Å². The fourth-order valence-corrected chi connectivity index (χ4v) is 4.71. The van der Waals surface area contributed by atoms with Gasteiger partial charge in [-0.15, -0.1) is 0 Å². The summed E-state index contributed by atoms with van der Waals surface area (Å²) in [4.78, 5) is 36.0. The predicted molar refractivity (Wildman–Crippen MR) is 118 cm³/mol. The number of benzene rings is 1. The Kier molecular flexibility index (Phi) is 4.66. The van der Waals surface area contributed by atoms with Gasteiger partial charge < -0.3 is 10.6 Å². The second kappa shape index (κ2) is 7.49. The Bertz CT molecular complexity index is 1270. The van der Waals surface area contributed by atoms with Crippen LogP contribution in [0.15, 0.2) is 34.1 Å². The van der Waals surface area contributed by atoms with Gasteiger partial charge in [0.1, 0.15) is 10.8 Å². The lowest BCUT2D eigenvalue weighted by atomic mass is 10.1. The quantitative estimate of drug-likeness (QED) is 0.701. The lowest BCUT2D eigenvalue weighted by Gasteiger charge is -2.26. The number of fused-ring (bicyclic) bond motifs is 2. The molecule has 0 spiro atoms. The third-order valence-corrected chi connectivity index (χ3v) is 6.31. The molecule has 2 aliphatic heterocycles. The number of nitrogens with two attached hydrogens (primary N) is 1. The number of aromatic nitrogens is 3. The van der Waals surface area contributed by atoms with Crippen molar-refractivity contribution in [1.82, 2.24) is 19.5 Å². The first-order valence-electron chi connectivity index (χ1n) is 9.91. The fourth-order valence-electron chi connectivity index (χ4n) is 3.82. The largest absolute Gasteiger partial charge is 0.383 e. The highest BCUT2D eigenvalue weighted by molar-refractivity contribution is 7.16. The summed E-state index contributed by atoms with van der Waals surface area (Å²) in [6.07, 6.45) is 6.85. The van der Waals surface area contributed by atoms with E-state index in [0.717, 1.165) is 42.8 Å². The number of para-hydroxylation sites is 1. The molecule has 1 fully saturated rings. The van der Waals surface area contributed by atoms with Crippen molar-refractivity contribution >= 4 is 51.6 Å². The molecule has 1 aromatic carbocycles. The highest BCUT2D eigenvalue weighted by Crippen LogP contribution is 2.32. The molecule has 0 saturated carbocycles. The summed E-state index contributed by atoms with van der Waals surface area (Å²) < 4.78 is 1.45. The first-order valence-corrected chi connectivity index (χ1v) is 10.7. The molecule has 9 heteroatoms. The van der Waals surface area contributed by atoms with Gasteiger partial charge in [-0.2, -0.15) is 14.6 Å². The van der Waals surface area contributed by atoms with E-state index < -0.39 is 5.56 Å². The first kappa shape index (κ1) is 18.7. The predicted octanol–water partition coefficient (Wildman–Crippen LogP) is 2.54. The van der Waals surface area contributed by atoms with Crippen molar-refractivity contribution in [2.75, 3.05) is 18.8 Å². The maximum atomic E-state index is 12.6. The van der Waals surface area contributed by atoms with E-state index in [4.69, 9.17) is 5.73 Å². The minimum atomic E-state index is -0.421. The van der Waals surface area contributed by atoms with Crippen LogP contribution in [0.25, 0.3) is 16.6 Å². The molecule has 1 amide bonds. The van der Waals surface area contributed by atoms with E-state index in [9.17, 15) is 9.59 Å². The number of hydrogen-bond donors (Lipinski definition) is 1. The van der Waals surface area contributed by atoms with Gasteiger partial charge in [-0.25, -0.2) is 0 Å². The van der Waals surface area contributed by atoms with Gasteiger partial charge in [-0.1, -0.05) is 29.5 Å². The van der Waals surface area contributed by atoms with Crippen LogP contribution in [0.4, 0.5) is 11.5 Å². The van der Waals surface area contributed by atoms with Crippen LogP contribution in [0.1, 0.15) is 35.4 Å². The highest BCUT2D eigenvalue weighted by atomic mass is 32.1. The third kappa shape index (κ3) is 3.30. The molecular weight excluding hydrogens is 400 g/mol. The van der Waals surface area contributed by atoms with E-state index in [0.29, 0.717) is 9.97 Å². The van der Waals surface area contributed by atoms with E-state index in [-0.39, 0.29) is 23.7 Å². The fraction of sp³-hybridized carbons (Fsp3) is 0.286. The number of rotatable bonds is 3. The molecule has 2 aromatic heterocycles. The van der Waals surface area contributed by atoms with Crippen LogP contribution in [0.3, 0.4) is 0 Å². The zero-order valence-corrected chi connectivity index (χ0v) is 17.1. The monoisotopic (exact) mass is 420 g/mol. The van der Waals surface area contributed by atoms with E-state index >= 15 is 0 Å². The molecule has 5 rings (SSSR count). The Hall–Kier alpha value is -3.33. The molecular formula is C21H20N6O2S. The lowest BCUT2D eigenvalue weighted by molar-refractivity contribution is -0.131. The number of allylic oxidation sites excluding steroid dienone is 1. The van der Waals surface area contributed by atoms with Crippen molar-refractivity contribution in [1.29, 1.82) is 0 Å². The molecule has 2 aliphatic rings. The zero-order chi connectivity index (χ0) is 20.7. The lowest BCUT2D eigenvalue weighted by Crippen LogP contribution is -2.36. The van der Waals surface area contributed by atoms with Gasteiger partial charge >= 0.3 is 0 Å². The number of piperidine rings is 1. The molecule has 152 valence electrons. The number of amides is 1. The maximum absolute atomic E-state index is 12.6. The van der Waals surface area contributed by atoms with Crippen LogP contribution >= 0.6 is 11.3 Å². The Balaban J connectivity index is 1.48. The Morgan fingerprint density at radius 2 is 2.00 bits per heavy atom. The molecule has 0 bridgehead atoms. The van der Waals surface area contributed by atoms with Crippen LogP contribution < -0.4 is 11.3 Å². The van der Waals surface area contributed by atoms with Gasteiger partial charge in [0.15, 0.2) is 0 Å². The van der Waals surface area contributed by atoms with Crippen molar-refractivity contribution in [2.24, 2.45) is 4.99 Å². The van der Waals surface area contributed by atoms with Crippen LogP contribution in [-0.4, -0.2) is 44.7 Å². The van der Waals surface area contributed by atoms with Crippen LogP contribution in [0, 0.1) is 0 Å². The third-order valence-electron chi connectivity index (χ3n) is 5.40. The van der Waals surface area contributed by atoms with Crippen molar-refractivity contribution in [3.05, 3.63) is 50.8 Å². The normalized spacial score (nSPS) is 17.1. The second-order valence-corrected chi connectivity index (χ2v) is 8.44. The summed E-state index contributed by atoms with van der Waals surface area (Å²) in [7, 11) is 0.